The third kappa shape index (κ3) is 11.2. The van der Waals surface area contributed by atoms with Crippen molar-refractivity contribution in [2.45, 2.75) is 46.5 Å². The Morgan fingerprint density at radius 3 is 2.38 bits per heavy atom. The van der Waals surface area contributed by atoms with Crippen LogP contribution in [0.5, 0.6) is 0 Å². The molecule has 0 aromatic carbocycles. The summed E-state index contributed by atoms with van der Waals surface area (Å²) in [6, 6.07) is 0. The first kappa shape index (κ1) is 12.2. The molecule has 0 rings (SSSR count). The number of carboxylic acids is 1. The van der Waals surface area contributed by atoms with Gasteiger partial charge in [0, 0.05) is 6.42 Å². The fourth-order valence-corrected chi connectivity index (χ4v) is 0.975. The zero-order valence-electron chi connectivity index (χ0n) is 8.84. The van der Waals surface area contributed by atoms with E-state index in [-0.39, 0.29) is 5.41 Å². The van der Waals surface area contributed by atoms with Crippen molar-refractivity contribution in [3.05, 3.63) is 12.2 Å². The summed E-state index contributed by atoms with van der Waals surface area (Å²) in [6.45, 7) is 6.46. The molecule has 0 atom stereocenters. The average Bonchev–Trinajstić information content (AvgIpc) is 1.93. The molecule has 0 aliphatic carbocycles. The predicted octanol–water partition coefficient (Wildman–Crippen LogP) is 3.23. The highest BCUT2D eigenvalue weighted by atomic mass is 16.4. The number of hydrogen-bond donors (Lipinski definition) is 1. The smallest absolute Gasteiger partial charge is 0.303 e. The minimum Gasteiger partial charge on any atom is -0.481 e. The Balaban J connectivity index is 3.36. The molecule has 0 unspecified atom stereocenters. The summed E-state index contributed by atoms with van der Waals surface area (Å²) in [7, 11) is 0. The lowest BCUT2D eigenvalue weighted by Crippen LogP contribution is -1.98. The Hall–Kier alpha value is -0.790. The minimum atomic E-state index is -0.695. The molecule has 2 heteroatoms. The molecule has 0 aromatic rings. The lowest BCUT2D eigenvalue weighted by molar-refractivity contribution is -0.137. The van der Waals surface area contributed by atoms with Crippen molar-refractivity contribution in [2.24, 2.45) is 5.41 Å². The molecule has 0 spiro atoms. The van der Waals surface area contributed by atoms with Gasteiger partial charge in [-0.05, 0) is 24.7 Å². The maximum atomic E-state index is 10.2. The van der Waals surface area contributed by atoms with E-state index in [9.17, 15) is 4.79 Å². The van der Waals surface area contributed by atoms with Crippen molar-refractivity contribution >= 4 is 5.97 Å². The van der Waals surface area contributed by atoms with E-state index in [0.717, 1.165) is 19.3 Å². The van der Waals surface area contributed by atoms with Crippen molar-refractivity contribution < 1.29 is 9.90 Å². The molecule has 0 fully saturated rings. The van der Waals surface area contributed by atoms with E-state index >= 15 is 0 Å². The van der Waals surface area contributed by atoms with Crippen LogP contribution in [0.4, 0.5) is 0 Å². The van der Waals surface area contributed by atoms with Crippen LogP contribution in [-0.4, -0.2) is 11.1 Å². The standard InChI is InChI=1S/C11H20O2/c1-11(2,3)9-7-5-4-6-8-10(12)13/h7,9H,4-6,8H2,1-3H3,(H,12,13). The maximum absolute atomic E-state index is 10.2. The summed E-state index contributed by atoms with van der Waals surface area (Å²) >= 11 is 0. The van der Waals surface area contributed by atoms with Crippen molar-refractivity contribution in [2.75, 3.05) is 0 Å². The topological polar surface area (TPSA) is 37.3 Å². The number of carboxylic acid groups (broad SMARTS) is 1. The van der Waals surface area contributed by atoms with Crippen LogP contribution < -0.4 is 0 Å². The summed E-state index contributed by atoms with van der Waals surface area (Å²) in [5, 5.41) is 8.38. The van der Waals surface area contributed by atoms with Gasteiger partial charge in [0.2, 0.25) is 0 Å². The summed E-state index contributed by atoms with van der Waals surface area (Å²) < 4.78 is 0. The molecule has 0 aliphatic rings. The minimum absolute atomic E-state index is 0.243. The second kappa shape index (κ2) is 5.79. The molecule has 0 heterocycles. The molecule has 2 nitrogen and oxygen atoms in total. The second-order valence-corrected chi connectivity index (χ2v) is 4.41. The van der Waals surface area contributed by atoms with Crippen LogP contribution in [0.1, 0.15) is 46.5 Å². The predicted molar refractivity (Wildman–Crippen MR) is 54.7 cm³/mol. The van der Waals surface area contributed by atoms with Gasteiger partial charge in [-0.15, -0.1) is 0 Å². The van der Waals surface area contributed by atoms with Gasteiger partial charge >= 0.3 is 5.97 Å². The van der Waals surface area contributed by atoms with Gasteiger partial charge in [0.15, 0.2) is 0 Å². The van der Waals surface area contributed by atoms with Crippen molar-refractivity contribution in [1.29, 1.82) is 0 Å². The summed E-state index contributed by atoms with van der Waals surface area (Å²) in [5.74, 6) is -0.695. The van der Waals surface area contributed by atoms with Crippen LogP contribution in [0.25, 0.3) is 0 Å². The Bertz CT molecular complexity index is 175. The molecular formula is C11H20O2. The SMILES string of the molecule is CC(C)(C)C=CCCCCC(=O)O. The summed E-state index contributed by atoms with van der Waals surface area (Å²) in [5.41, 5.74) is 0.243. The summed E-state index contributed by atoms with van der Waals surface area (Å²) in [4.78, 5) is 10.2. The van der Waals surface area contributed by atoms with E-state index in [1.807, 2.05) is 0 Å². The van der Waals surface area contributed by atoms with Gasteiger partial charge in [-0.25, -0.2) is 0 Å². The van der Waals surface area contributed by atoms with Gasteiger partial charge in [0.25, 0.3) is 0 Å². The molecule has 0 bridgehead atoms. The molecule has 76 valence electrons. The Morgan fingerprint density at radius 1 is 1.31 bits per heavy atom. The number of hydrogen-bond acceptors (Lipinski definition) is 1. The van der Waals surface area contributed by atoms with Crippen LogP contribution in [-0.2, 0) is 4.79 Å². The van der Waals surface area contributed by atoms with Crippen molar-refractivity contribution in [3.8, 4) is 0 Å². The van der Waals surface area contributed by atoms with Crippen LogP contribution in [0.2, 0.25) is 0 Å². The lowest BCUT2D eigenvalue weighted by atomic mass is 9.96. The summed E-state index contributed by atoms with van der Waals surface area (Å²) in [6.07, 6.45) is 7.35. The van der Waals surface area contributed by atoms with Gasteiger partial charge in [0.05, 0.1) is 0 Å². The van der Waals surface area contributed by atoms with E-state index in [4.69, 9.17) is 5.11 Å². The highest BCUT2D eigenvalue weighted by molar-refractivity contribution is 5.66. The fourth-order valence-electron chi connectivity index (χ4n) is 0.975. The Morgan fingerprint density at radius 2 is 1.92 bits per heavy atom. The van der Waals surface area contributed by atoms with Crippen LogP contribution in [0.3, 0.4) is 0 Å². The lowest BCUT2D eigenvalue weighted by Gasteiger charge is -2.10. The van der Waals surface area contributed by atoms with Crippen LogP contribution in [0.15, 0.2) is 12.2 Å². The first-order valence-corrected chi connectivity index (χ1v) is 4.81. The average molecular weight is 184 g/mol. The number of unbranched alkanes of at least 4 members (excludes halogenated alkanes) is 2. The molecule has 1 N–H and O–H groups in total. The van der Waals surface area contributed by atoms with Gasteiger partial charge in [-0.1, -0.05) is 32.9 Å². The molecular weight excluding hydrogens is 164 g/mol. The van der Waals surface area contributed by atoms with E-state index in [2.05, 4.69) is 32.9 Å². The van der Waals surface area contributed by atoms with Crippen LogP contribution in [0, 0.1) is 5.41 Å². The van der Waals surface area contributed by atoms with Crippen LogP contribution >= 0.6 is 0 Å². The zero-order valence-corrected chi connectivity index (χ0v) is 8.84. The van der Waals surface area contributed by atoms with Gasteiger partial charge in [-0.2, -0.15) is 0 Å². The van der Waals surface area contributed by atoms with Crippen molar-refractivity contribution in [3.63, 3.8) is 0 Å². The fraction of sp³-hybridized carbons (Fsp3) is 0.727. The first-order valence-electron chi connectivity index (χ1n) is 4.81. The van der Waals surface area contributed by atoms with Crippen molar-refractivity contribution in [1.82, 2.24) is 0 Å². The second-order valence-electron chi connectivity index (χ2n) is 4.41. The quantitative estimate of drug-likeness (QED) is 0.526. The third-order valence-electron chi connectivity index (χ3n) is 1.63. The van der Waals surface area contributed by atoms with E-state index in [1.165, 1.54) is 0 Å². The maximum Gasteiger partial charge on any atom is 0.303 e. The molecule has 0 radical (unpaired) electrons. The number of aliphatic carboxylic acids is 1. The molecule has 0 aliphatic heterocycles. The first-order chi connectivity index (χ1) is 5.92. The Kier molecular flexibility index (Phi) is 5.44. The number of allylic oxidation sites excluding steroid dienone is 2. The normalized spacial score (nSPS) is 12.2. The highest BCUT2D eigenvalue weighted by Gasteiger charge is 2.02. The van der Waals surface area contributed by atoms with Gasteiger partial charge in [-0.3, -0.25) is 4.79 Å². The van der Waals surface area contributed by atoms with E-state index < -0.39 is 5.97 Å². The van der Waals surface area contributed by atoms with E-state index in [0.29, 0.717) is 6.42 Å². The molecule has 0 amide bonds. The van der Waals surface area contributed by atoms with E-state index in [1.54, 1.807) is 0 Å². The molecule has 0 saturated carbocycles. The van der Waals surface area contributed by atoms with Gasteiger partial charge < -0.3 is 5.11 Å². The Labute approximate surface area is 80.7 Å². The molecule has 0 saturated heterocycles. The number of rotatable bonds is 5. The third-order valence-corrected chi connectivity index (χ3v) is 1.63. The zero-order chi connectivity index (χ0) is 10.3. The monoisotopic (exact) mass is 184 g/mol. The molecule has 0 aromatic heterocycles. The van der Waals surface area contributed by atoms with Gasteiger partial charge in [0.1, 0.15) is 0 Å². The largest absolute Gasteiger partial charge is 0.481 e. The molecule has 13 heavy (non-hydrogen) atoms. The number of carbonyl (C=O) groups is 1. The highest BCUT2D eigenvalue weighted by Crippen LogP contribution is 2.15.